The van der Waals surface area contributed by atoms with E-state index in [4.69, 9.17) is 4.74 Å². The zero-order chi connectivity index (χ0) is 26.4. The highest BCUT2D eigenvalue weighted by Gasteiger charge is 2.19. The van der Waals surface area contributed by atoms with Crippen LogP contribution < -0.4 is 15.4 Å². The Morgan fingerprint density at radius 1 is 1.00 bits per heavy atom. The van der Waals surface area contributed by atoms with Crippen LogP contribution in [0.5, 0.6) is 5.75 Å². The molecular formula is C27H26FN5O3S. The van der Waals surface area contributed by atoms with E-state index in [-0.39, 0.29) is 29.9 Å². The molecule has 2 amide bonds. The molecule has 0 fully saturated rings. The number of rotatable bonds is 9. The van der Waals surface area contributed by atoms with Crippen molar-refractivity contribution in [3.63, 3.8) is 0 Å². The number of carbonyl (C=O) groups is 2. The number of benzene rings is 3. The van der Waals surface area contributed by atoms with E-state index in [2.05, 4.69) is 20.8 Å². The first kappa shape index (κ1) is 25.9. The van der Waals surface area contributed by atoms with Gasteiger partial charge in [0.05, 0.1) is 25.1 Å². The Balaban J connectivity index is 1.53. The molecule has 3 aromatic carbocycles. The van der Waals surface area contributed by atoms with Crippen LogP contribution in [0.25, 0.3) is 5.69 Å². The Morgan fingerprint density at radius 3 is 2.43 bits per heavy atom. The molecule has 10 heteroatoms. The lowest BCUT2D eigenvalue weighted by molar-refractivity contribution is -0.113. The summed E-state index contributed by atoms with van der Waals surface area (Å²) < 4.78 is 20.1. The zero-order valence-electron chi connectivity index (χ0n) is 20.6. The number of carbonyl (C=O) groups excluding carboxylic acids is 2. The van der Waals surface area contributed by atoms with E-state index in [1.165, 1.54) is 36.0 Å². The molecule has 0 saturated heterocycles. The standard InChI is InChI=1S/C27H26FN5O3S/c1-17-5-4-6-23(18(17)2)33-24(15-29-26(35)19-7-13-22(36-3)14-8-19)31-32-27(33)37-16-25(34)30-21-11-9-20(28)10-12-21/h4-14H,15-16H2,1-3H3,(H,29,35)(H,30,34). The summed E-state index contributed by atoms with van der Waals surface area (Å²) in [6.07, 6.45) is 0. The van der Waals surface area contributed by atoms with Gasteiger partial charge < -0.3 is 15.4 Å². The molecule has 0 saturated carbocycles. The van der Waals surface area contributed by atoms with Crippen molar-refractivity contribution in [3.8, 4) is 11.4 Å². The lowest BCUT2D eigenvalue weighted by Gasteiger charge is -2.15. The SMILES string of the molecule is COc1ccc(C(=O)NCc2nnc(SCC(=O)Nc3ccc(F)cc3)n2-c2cccc(C)c2C)cc1. The van der Waals surface area contributed by atoms with Gasteiger partial charge >= 0.3 is 0 Å². The van der Waals surface area contributed by atoms with E-state index in [1.807, 2.05) is 36.6 Å². The van der Waals surface area contributed by atoms with Crippen molar-refractivity contribution in [1.29, 1.82) is 0 Å². The summed E-state index contributed by atoms with van der Waals surface area (Å²) in [5.74, 6) is 0.361. The topological polar surface area (TPSA) is 98.1 Å². The van der Waals surface area contributed by atoms with E-state index in [1.54, 1.807) is 31.4 Å². The van der Waals surface area contributed by atoms with Crippen LogP contribution in [0.3, 0.4) is 0 Å². The molecule has 1 heterocycles. The quantitative estimate of drug-likeness (QED) is 0.311. The van der Waals surface area contributed by atoms with Gasteiger partial charge in [-0.3, -0.25) is 14.2 Å². The Kier molecular flexibility index (Phi) is 8.19. The van der Waals surface area contributed by atoms with E-state index in [0.717, 1.165) is 16.8 Å². The minimum atomic E-state index is -0.374. The predicted octanol–water partition coefficient (Wildman–Crippen LogP) is 4.69. The number of nitrogens with zero attached hydrogens (tertiary/aromatic N) is 3. The summed E-state index contributed by atoms with van der Waals surface area (Å²) in [6.45, 7) is 4.14. The first-order valence-corrected chi connectivity index (χ1v) is 12.5. The Hall–Kier alpha value is -4.18. The van der Waals surface area contributed by atoms with Gasteiger partial charge in [-0.1, -0.05) is 23.9 Å². The molecule has 8 nitrogen and oxygen atoms in total. The van der Waals surface area contributed by atoms with Crippen LogP contribution in [0.1, 0.15) is 27.3 Å². The van der Waals surface area contributed by atoms with Crippen LogP contribution in [0.15, 0.2) is 71.9 Å². The van der Waals surface area contributed by atoms with Gasteiger partial charge in [0, 0.05) is 11.3 Å². The van der Waals surface area contributed by atoms with E-state index in [9.17, 15) is 14.0 Å². The molecule has 0 unspecified atom stereocenters. The predicted molar refractivity (Wildman–Crippen MR) is 141 cm³/mol. The molecule has 0 spiro atoms. The fraction of sp³-hybridized carbons (Fsp3) is 0.185. The molecule has 2 N–H and O–H groups in total. The first-order chi connectivity index (χ1) is 17.9. The van der Waals surface area contributed by atoms with Crippen LogP contribution >= 0.6 is 11.8 Å². The fourth-order valence-electron chi connectivity index (χ4n) is 3.59. The van der Waals surface area contributed by atoms with Gasteiger partial charge in [0.25, 0.3) is 5.91 Å². The van der Waals surface area contributed by atoms with Gasteiger partial charge in [-0.05, 0) is 79.6 Å². The van der Waals surface area contributed by atoms with Crippen molar-refractivity contribution in [2.45, 2.75) is 25.5 Å². The molecule has 4 aromatic rings. The number of anilines is 1. The Labute approximate surface area is 218 Å². The smallest absolute Gasteiger partial charge is 0.251 e. The van der Waals surface area contributed by atoms with Crippen LogP contribution in [0.2, 0.25) is 0 Å². The number of ether oxygens (including phenoxy) is 1. The number of methoxy groups -OCH3 is 1. The third-order valence-electron chi connectivity index (χ3n) is 5.74. The molecule has 0 aliphatic carbocycles. The van der Waals surface area contributed by atoms with Crippen molar-refractivity contribution >= 4 is 29.3 Å². The average molecular weight is 520 g/mol. The number of thioether (sulfide) groups is 1. The fourth-order valence-corrected chi connectivity index (χ4v) is 4.36. The number of nitrogens with one attached hydrogen (secondary N) is 2. The normalized spacial score (nSPS) is 10.7. The Morgan fingerprint density at radius 2 is 1.73 bits per heavy atom. The van der Waals surface area contributed by atoms with E-state index in [0.29, 0.717) is 28.0 Å². The molecule has 4 rings (SSSR count). The lowest BCUT2D eigenvalue weighted by atomic mass is 10.1. The number of hydrogen-bond donors (Lipinski definition) is 2. The van der Waals surface area contributed by atoms with Crippen LogP contribution in [-0.2, 0) is 11.3 Å². The van der Waals surface area contributed by atoms with Gasteiger partial charge in [0.2, 0.25) is 5.91 Å². The van der Waals surface area contributed by atoms with Crippen molar-refractivity contribution in [3.05, 3.63) is 95.1 Å². The van der Waals surface area contributed by atoms with Crippen LogP contribution in [0.4, 0.5) is 10.1 Å². The van der Waals surface area contributed by atoms with Gasteiger partial charge in [0.15, 0.2) is 11.0 Å². The van der Waals surface area contributed by atoms with Crippen molar-refractivity contribution in [2.24, 2.45) is 0 Å². The number of aryl methyl sites for hydroxylation is 1. The zero-order valence-corrected chi connectivity index (χ0v) is 21.4. The van der Waals surface area contributed by atoms with Gasteiger partial charge in [-0.25, -0.2) is 4.39 Å². The molecule has 0 atom stereocenters. The van der Waals surface area contributed by atoms with Crippen molar-refractivity contribution in [1.82, 2.24) is 20.1 Å². The molecule has 0 bridgehead atoms. The highest BCUT2D eigenvalue weighted by molar-refractivity contribution is 7.99. The lowest BCUT2D eigenvalue weighted by Crippen LogP contribution is -2.24. The van der Waals surface area contributed by atoms with Gasteiger partial charge in [-0.2, -0.15) is 0 Å². The first-order valence-electron chi connectivity index (χ1n) is 11.5. The maximum absolute atomic E-state index is 13.1. The number of hydrogen-bond acceptors (Lipinski definition) is 6. The summed E-state index contributed by atoms with van der Waals surface area (Å²) in [6, 6.07) is 18.3. The average Bonchev–Trinajstić information content (AvgIpc) is 3.31. The van der Waals surface area contributed by atoms with Crippen LogP contribution in [-0.4, -0.2) is 39.4 Å². The number of aromatic nitrogens is 3. The highest BCUT2D eigenvalue weighted by Crippen LogP contribution is 2.26. The second-order valence-corrected chi connectivity index (χ2v) is 9.15. The molecular weight excluding hydrogens is 493 g/mol. The van der Waals surface area contributed by atoms with Crippen molar-refractivity contribution in [2.75, 3.05) is 18.2 Å². The molecule has 1 aromatic heterocycles. The molecule has 190 valence electrons. The maximum atomic E-state index is 13.1. The van der Waals surface area contributed by atoms with Gasteiger partial charge in [0.1, 0.15) is 11.6 Å². The maximum Gasteiger partial charge on any atom is 0.251 e. The second-order valence-electron chi connectivity index (χ2n) is 8.21. The summed E-state index contributed by atoms with van der Waals surface area (Å²) >= 11 is 1.22. The number of amides is 2. The molecule has 37 heavy (non-hydrogen) atoms. The largest absolute Gasteiger partial charge is 0.497 e. The third-order valence-corrected chi connectivity index (χ3v) is 6.67. The second kappa shape index (κ2) is 11.7. The summed E-state index contributed by atoms with van der Waals surface area (Å²) in [7, 11) is 1.57. The molecule has 0 aliphatic rings. The summed E-state index contributed by atoms with van der Waals surface area (Å²) in [4.78, 5) is 25.2. The van der Waals surface area contributed by atoms with Crippen LogP contribution in [0, 0.1) is 19.7 Å². The highest BCUT2D eigenvalue weighted by atomic mass is 32.2. The van der Waals surface area contributed by atoms with E-state index >= 15 is 0 Å². The number of halogens is 1. The van der Waals surface area contributed by atoms with Gasteiger partial charge in [-0.15, -0.1) is 10.2 Å². The third kappa shape index (κ3) is 6.34. The summed E-state index contributed by atoms with van der Waals surface area (Å²) in [5.41, 5.74) is 3.97. The minimum Gasteiger partial charge on any atom is -0.497 e. The van der Waals surface area contributed by atoms with Crippen molar-refractivity contribution < 1.29 is 18.7 Å². The van der Waals surface area contributed by atoms with E-state index < -0.39 is 0 Å². The summed E-state index contributed by atoms with van der Waals surface area (Å²) in [5, 5.41) is 14.8. The minimum absolute atomic E-state index is 0.0680. The Bertz CT molecular complexity index is 1400. The molecule has 0 aliphatic heterocycles. The molecule has 0 radical (unpaired) electrons. The monoisotopic (exact) mass is 519 g/mol.